The van der Waals surface area contributed by atoms with Crippen LogP contribution in [0, 0.1) is 0 Å². The number of rotatable bonds is 0. The third-order valence-corrected chi connectivity index (χ3v) is 5.34. The van der Waals surface area contributed by atoms with Crippen molar-refractivity contribution in [3.63, 3.8) is 0 Å². The summed E-state index contributed by atoms with van der Waals surface area (Å²) < 4.78 is 2.40. The molecule has 0 fully saturated rings. The molecule has 0 aliphatic rings. The van der Waals surface area contributed by atoms with Gasteiger partial charge in [0.2, 0.25) is 0 Å². The van der Waals surface area contributed by atoms with Crippen molar-refractivity contribution in [3.05, 3.63) is 18.8 Å². The first-order chi connectivity index (χ1) is 3.30. The van der Waals surface area contributed by atoms with Crippen molar-refractivity contribution in [2.45, 2.75) is 0 Å². The average Bonchev–Trinajstić information content (AvgIpc) is 1.91. The molecule has 0 saturated heterocycles. The molecule has 0 N–H and O–H groups in total. The Bertz CT molecular complexity index is 142. The van der Waals surface area contributed by atoms with E-state index >= 15 is 0 Å². The molecular formula is C4H2Br2Se. The Morgan fingerprint density at radius 1 is 1.14 bits per heavy atom. The Hall–Kier alpha value is 0.959. The summed E-state index contributed by atoms with van der Waals surface area (Å²) in [5, 5.41) is 0. The molecule has 0 aliphatic carbocycles. The molecule has 7 heavy (non-hydrogen) atoms. The van der Waals surface area contributed by atoms with Crippen LogP contribution in [0.25, 0.3) is 0 Å². The van der Waals surface area contributed by atoms with Gasteiger partial charge in [-0.3, -0.25) is 0 Å². The van der Waals surface area contributed by atoms with Crippen LogP contribution in [0.5, 0.6) is 0 Å². The molecule has 0 amide bonds. The summed E-state index contributed by atoms with van der Waals surface area (Å²) >= 11 is 7.33. The van der Waals surface area contributed by atoms with Gasteiger partial charge >= 0.3 is 65.2 Å². The summed E-state index contributed by atoms with van der Waals surface area (Å²) in [5.74, 6) is 0. The van der Waals surface area contributed by atoms with Gasteiger partial charge in [-0.15, -0.1) is 0 Å². The van der Waals surface area contributed by atoms with Crippen molar-refractivity contribution in [2.75, 3.05) is 0 Å². The van der Waals surface area contributed by atoms with E-state index in [-0.39, 0.29) is 0 Å². The number of hydrogen-bond acceptors (Lipinski definition) is 0. The molecule has 1 rings (SSSR count). The number of halogens is 2. The zero-order valence-corrected chi connectivity index (χ0v) is 8.20. The predicted octanol–water partition coefficient (Wildman–Crippen LogP) is 2.27. The second-order valence-corrected chi connectivity index (χ2v) is 4.34. The fourth-order valence-corrected chi connectivity index (χ4v) is 3.48. The van der Waals surface area contributed by atoms with Crippen LogP contribution in [0.3, 0.4) is 0 Å². The van der Waals surface area contributed by atoms with E-state index in [1.807, 2.05) is 0 Å². The molecule has 0 aromatic carbocycles. The van der Waals surface area contributed by atoms with Gasteiger partial charge in [0.05, 0.1) is 0 Å². The van der Waals surface area contributed by atoms with Crippen molar-refractivity contribution >= 4 is 46.4 Å². The zero-order valence-electron chi connectivity index (χ0n) is 3.32. The van der Waals surface area contributed by atoms with E-state index in [1.165, 1.54) is 8.95 Å². The maximum absolute atomic E-state index is 3.37. The Labute approximate surface area is 64.9 Å². The molecular weight excluding hydrogens is 287 g/mol. The van der Waals surface area contributed by atoms with Crippen LogP contribution in [-0.4, -0.2) is 14.5 Å². The summed E-state index contributed by atoms with van der Waals surface area (Å²) in [7, 11) is 0. The van der Waals surface area contributed by atoms with Gasteiger partial charge in [-0.2, -0.15) is 0 Å². The van der Waals surface area contributed by atoms with Gasteiger partial charge in [0.1, 0.15) is 0 Å². The first kappa shape index (κ1) is 6.09. The Morgan fingerprint density at radius 3 is 1.71 bits per heavy atom. The topological polar surface area (TPSA) is 0 Å². The molecule has 0 saturated carbocycles. The monoisotopic (exact) mass is 288 g/mol. The molecule has 3 heteroatoms. The van der Waals surface area contributed by atoms with Crippen molar-refractivity contribution in [1.82, 2.24) is 0 Å². The van der Waals surface area contributed by atoms with E-state index in [1.54, 1.807) is 0 Å². The van der Waals surface area contributed by atoms with Gasteiger partial charge in [-0.05, 0) is 0 Å². The quantitative estimate of drug-likeness (QED) is 0.643. The fourth-order valence-electron chi connectivity index (χ4n) is 0.266. The van der Waals surface area contributed by atoms with Gasteiger partial charge in [-0.1, -0.05) is 0 Å². The van der Waals surface area contributed by atoms with Gasteiger partial charge < -0.3 is 0 Å². The van der Waals surface area contributed by atoms with Crippen molar-refractivity contribution in [2.24, 2.45) is 0 Å². The summed E-state index contributed by atoms with van der Waals surface area (Å²) in [5.41, 5.74) is 0. The molecule has 0 bridgehead atoms. The van der Waals surface area contributed by atoms with Crippen LogP contribution in [-0.2, 0) is 0 Å². The molecule has 0 atom stereocenters. The normalized spacial score (nSPS) is 9.43. The van der Waals surface area contributed by atoms with E-state index in [0.29, 0.717) is 14.5 Å². The summed E-state index contributed by atoms with van der Waals surface area (Å²) in [6, 6.07) is 0. The van der Waals surface area contributed by atoms with E-state index in [0.717, 1.165) is 0 Å². The second kappa shape index (κ2) is 2.49. The molecule has 1 aromatic rings. The minimum absolute atomic E-state index is 0.595. The van der Waals surface area contributed by atoms with E-state index in [2.05, 4.69) is 41.7 Å². The van der Waals surface area contributed by atoms with E-state index in [9.17, 15) is 0 Å². The van der Waals surface area contributed by atoms with Crippen LogP contribution in [0.1, 0.15) is 0 Å². The van der Waals surface area contributed by atoms with E-state index in [4.69, 9.17) is 0 Å². The van der Waals surface area contributed by atoms with Crippen LogP contribution in [0.4, 0.5) is 0 Å². The molecule has 0 nitrogen and oxygen atoms in total. The van der Waals surface area contributed by atoms with Gasteiger partial charge in [0, 0.05) is 0 Å². The summed E-state index contributed by atoms with van der Waals surface area (Å²) in [4.78, 5) is 4.36. The van der Waals surface area contributed by atoms with Gasteiger partial charge in [-0.25, -0.2) is 0 Å². The van der Waals surface area contributed by atoms with Crippen molar-refractivity contribution < 1.29 is 0 Å². The predicted molar refractivity (Wildman–Crippen MR) is 38.8 cm³/mol. The van der Waals surface area contributed by atoms with Gasteiger partial charge in [0.25, 0.3) is 0 Å². The fraction of sp³-hybridized carbons (Fsp3) is 0. The van der Waals surface area contributed by atoms with E-state index < -0.39 is 0 Å². The molecule has 0 unspecified atom stereocenters. The summed E-state index contributed by atoms with van der Waals surface area (Å²) in [6.07, 6.45) is 0. The average molecular weight is 289 g/mol. The third-order valence-electron chi connectivity index (χ3n) is 0.571. The number of hydrogen-bond donors (Lipinski definition) is 0. The standard InChI is InChI=1S/C4H2Br2Se/c5-3-1-7-2-4(3)6/h1-2H. The molecule has 0 spiro atoms. The first-order valence-electron chi connectivity index (χ1n) is 1.68. The van der Waals surface area contributed by atoms with Crippen LogP contribution in [0.15, 0.2) is 18.8 Å². The third kappa shape index (κ3) is 1.43. The Morgan fingerprint density at radius 2 is 1.57 bits per heavy atom. The first-order valence-corrected chi connectivity index (χ1v) is 5.24. The molecule has 1 heterocycles. The van der Waals surface area contributed by atoms with Gasteiger partial charge in [0.15, 0.2) is 0 Å². The molecule has 1 aromatic heterocycles. The SMILES string of the molecule is Brc1c[se]cc1Br. The maximum atomic E-state index is 3.37. The molecule has 38 valence electrons. The zero-order chi connectivity index (χ0) is 5.28. The minimum atomic E-state index is 0.595. The molecule has 0 radical (unpaired) electrons. The Kier molecular flexibility index (Phi) is 2.17. The van der Waals surface area contributed by atoms with Crippen molar-refractivity contribution in [3.8, 4) is 0 Å². The van der Waals surface area contributed by atoms with Crippen LogP contribution >= 0.6 is 31.9 Å². The second-order valence-electron chi connectivity index (χ2n) is 1.07. The van der Waals surface area contributed by atoms with Crippen molar-refractivity contribution in [1.29, 1.82) is 0 Å². The Balaban J connectivity index is 3.12. The summed E-state index contributed by atoms with van der Waals surface area (Å²) in [6.45, 7) is 0. The van der Waals surface area contributed by atoms with Crippen LogP contribution < -0.4 is 0 Å². The molecule has 0 aliphatic heterocycles. The van der Waals surface area contributed by atoms with Crippen LogP contribution in [0.2, 0.25) is 0 Å².